The molecule has 0 amide bonds. The van der Waals surface area contributed by atoms with Crippen molar-refractivity contribution in [3.05, 3.63) is 24.4 Å². The summed E-state index contributed by atoms with van der Waals surface area (Å²) in [6.45, 7) is 0.499. The number of nitrogens with zero attached hydrogens (tertiary/aromatic N) is 2. The van der Waals surface area contributed by atoms with Crippen LogP contribution in [0.15, 0.2) is 29.4 Å². The first-order chi connectivity index (χ1) is 10.4. The lowest BCUT2D eigenvalue weighted by Gasteiger charge is -2.30. The van der Waals surface area contributed by atoms with Gasteiger partial charge in [-0.2, -0.15) is 0 Å². The quantitative estimate of drug-likeness (QED) is 0.356. The van der Waals surface area contributed by atoms with Crippen molar-refractivity contribution in [2.75, 3.05) is 18.1 Å². The molecule has 0 radical (unpaired) electrons. The molecule has 1 aromatic rings. The molecule has 2 rings (SSSR count). The van der Waals surface area contributed by atoms with Gasteiger partial charge in [-0.15, -0.1) is 24.0 Å². The van der Waals surface area contributed by atoms with Crippen LogP contribution in [-0.4, -0.2) is 38.2 Å². The number of pyridine rings is 1. The molecule has 1 aromatic heterocycles. The summed E-state index contributed by atoms with van der Waals surface area (Å²) in [5.74, 6) is 1.10. The summed E-state index contributed by atoms with van der Waals surface area (Å²) < 4.78 is 25.6. The summed E-state index contributed by atoms with van der Waals surface area (Å²) in [4.78, 5) is 8.45. The van der Waals surface area contributed by atoms with Gasteiger partial charge in [-0.25, -0.2) is 18.1 Å². The maximum atomic E-state index is 11.4. The Labute approximate surface area is 154 Å². The Morgan fingerprint density at radius 1 is 1.39 bits per heavy atom. The van der Waals surface area contributed by atoms with E-state index in [0.717, 1.165) is 25.7 Å². The fourth-order valence-corrected chi connectivity index (χ4v) is 3.54. The monoisotopic (exact) mass is 453 g/mol. The van der Waals surface area contributed by atoms with Crippen LogP contribution in [0.3, 0.4) is 0 Å². The summed E-state index contributed by atoms with van der Waals surface area (Å²) >= 11 is 0. The Morgan fingerprint density at radius 2 is 2.13 bits per heavy atom. The van der Waals surface area contributed by atoms with Crippen LogP contribution in [-0.2, 0) is 10.0 Å². The summed E-state index contributed by atoms with van der Waals surface area (Å²) in [6.07, 6.45) is 6.79. The van der Waals surface area contributed by atoms with Crippen LogP contribution in [0, 0.1) is 5.92 Å². The molecule has 2 atom stereocenters. The molecular formula is C14H24IN5O2S. The van der Waals surface area contributed by atoms with Gasteiger partial charge < -0.3 is 11.1 Å². The van der Waals surface area contributed by atoms with E-state index in [1.807, 2.05) is 12.1 Å². The molecule has 1 aliphatic carbocycles. The highest BCUT2D eigenvalue weighted by Crippen LogP contribution is 2.25. The summed E-state index contributed by atoms with van der Waals surface area (Å²) in [5, 5.41) is 2.92. The minimum absolute atomic E-state index is 0. The smallest absolute Gasteiger partial charge is 0.208 e. The molecule has 0 aliphatic heterocycles. The second-order valence-corrected chi connectivity index (χ2v) is 7.39. The topological polar surface area (TPSA) is 109 Å². The molecule has 23 heavy (non-hydrogen) atoms. The van der Waals surface area contributed by atoms with Crippen molar-refractivity contribution in [1.29, 1.82) is 0 Å². The molecule has 0 bridgehead atoms. The van der Waals surface area contributed by atoms with Crippen LogP contribution >= 0.6 is 24.0 Å². The maximum absolute atomic E-state index is 11.4. The average molecular weight is 453 g/mol. The zero-order valence-electron chi connectivity index (χ0n) is 13.1. The maximum Gasteiger partial charge on any atom is 0.208 e. The molecular weight excluding hydrogens is 429 g/mol. The number of aromatic nitrogens is 1. The first-order valence-electron chi connectivity index (χ1n) is 7.39. The Kier molecular flexibility index (Phi) is 8.20. The largest absolute Gasteiger partial charge is 0.370 e. The lowest BCUT2D eigenvalue weighted by Crippen LogP contribution is -2.43. The van der Waals surface area contributed by atoms with Crippen LogP contribution < -0.4 is 15.8 Å². The van der Waals surface area contributed by atoms with Gasteiger partial charge in [-0.3, -0.25) is 4.99 Å². The van der Waals surface area contributed by atoms with Crippen molar-refractivity contribution < 1.29 is 8.42 Å². The minimum atomic E-state index is -3.20. The van der Waals surface area contributed by atoms with Gasteiger partial charge in [0.1, 0.15) is 5.82 Å². The standard InChI is InChI=1S/C14H23N5O2S.HI/c1-22(20,21)19-12-7-3-2-6-11(12)10-17-14(15)18-13-8-4-5-9-16-13;/h4-5,8-9,11-12,19H,2-3,6-7,10H2,1H3,(H3,15,16,17,18);1H. The van der Waals surface area contributed by atoms with Crippen molar-refractivity contribution >= 4 is 45.8 Å². The average Bonchev–Trinajstić information content (AvgIpc) is 2.46. The molecule has 9 heteroatoms. The molecule has 7 nitrogen and oxygen atoms in total. The Bertz CT molecular complexity index is 609. The third-order valence-electron chi connectivity index (χ3n) is 3.69. The van der Waals surface area contributed by atoms with Crippen LogP contribution in [0.25, 0.3) is 0 Å². The van der Waals surface area contributed by atoms with E-state index in [2.05, 4.69) is 20.0 Å². The number of anilines is 1. The number of halogens is 1. The van der Waals surface area contributed by atoms with E-state index < -0.39 is 10.0 Å². The summed E-state index contributed by atoms with van der Waals surface area (Å²) in [7, 11) is -3.20. The molecule has 1 heterocycles. The number of sulfonamides is 1. The molecule has 0 saturated heterocycles. The van der Waals surface area contributed by atoms with Crippen LogP contribution in [0.2, 0.25) is 0 Å². The van der Waals surface area contributed by atoms with Crippen molar-refractivity contribution in [3.8, 4) is 0 Å². The third kappa shape index (κ3) is 7.44. The van der Waals surface area contributed by atoms with Crippen LogP contribution in [0.1, 0.15) is 25.7 Å². The number of hydrogen-bond donors (Lipinski definition) is 3. The van der Waals surface area contributed by atoms with E-state index in [1.165, 1.54) is 6.26 Å². The highest BCUT2D eigenvalue weighted by molar-refractivity contribution is 14.0. The van der Waals surface area contributed by atoms with E-state index in [0.29, 0.717) is 18.3 Å². The SMILES string of the molecule is CS(=O)(=O)NC1CCCCC1CN=C(N)Nc1ccccn1.I. The minimum Gasteiger partial charge on any atom is -0.370 e. The van der Waals surface area contributed by atoms with Crippen molar-refractivity contribution in [1.82, 2.24) is 9.71 Å². The van der Waals surface area contributed by atoms with E-state index in [4.69, 9.17) is 5.73 Å². The van der Waals surface area contributed by atoms with Crippen molar-refractivity contribution in [2.24, 2.45) is 16.6 Å². The normalized spacial score (nSPS) is 22.2. The van der Waals surface area contributed by atoms with Crippen LogP contribution in [0.5, 0.6) is 0 Å². The van der Waals surface area contributed by atoms with Gasteiger partial charge in [0.2, 0.25) is 10.0 Å². The number of rotatable bonds is 5. The molecule has 1 aliphatic rings. The van der Waals surface area contributed by atoms with Gasteiger partial charge >= 0.3 is 0 Å². The zero-order chi connectivity index (χ0) is 16.0. The van der Waals surface area contributed by atoms with E-state index in [9.17, 15) is 8.42 Å². The van der Waals surface area contributed by atoms with Gasteiger partial charge in [-0.05, 0) is 30.9 Å². The van der Waals surface area contributed by atoms with Crippen molar-refractivity contribution in [2.45, 2.75) is 31.7 Å². The highest BCUT2D eigenvalue weighted by atomic mass is 127. The first kappa shape index (κ1) is 20.1. The second-order valence-electron chi connectivity index (χ2n) is 5.61. The number of guanidine groups is 1. The molecule has 1 saturated carbocycles. The van der Waals surface area contributed by atoms with Gasteiger partial charge in [0, 0.05) is 18.8 Å². The number of nitrogens with two attached hydrogens (primary N) is 1. The molecule has 1 fully saturated rings. The Morgan fingerprint density at radius 3 is 2.78 bits per heavy atom. The zero-order valence-corrected chi connectivity index (χ0v) is 16.3. The third-order valence-corrected chi connectivity index (χ3v) is 4.42. The van der Waals surface area contributed by atoms with Gasteiger partial charge in [-0.1, -0.05) is 18.9 Å². The number of aliphatic imine (C=N–C) groups is 1. The number of hydrogen-bond acceptors (Lipinski definition) is 4. The highest BCUT2D eigenvalue weighted by Gasteiger charge is 2.27. The Balaban J connectivity index is 0.00000264. The van der Waals surface area contributed by atoms with E-state index in [-0.39, 0.29) is 35.9 Å². The fraction of sp³-hybridized carbons (Fsp3) is 0.571. The van der Waals surface area contributed by atoms with Crippen LogP contribution in [0.4, 0.5) is 5.82 Å². The summed E-state index contributed by atoms with van der Waals surface area (Å²) in [6, 6.07) is 5.42. The van der Waals surface area contributed by atoms with Gasteiger partial charge in [0.25, 0.3) is 0 Å². The van der Waals surface area contributed by atoms with Crippen molar-refractivity contribution in [3.63, 3.8) is 0 Å². The lowest BCUT2D eigenvalue weighted by molar-refractivity contribution is 0.297. The van der Waals surface area contributed by atoms with Gasteiger partial charge in [0.05, 0.1) is 6.26 Å². The summed E-state index contributed by atoms with van der Waals surface area (Å²) in [5.41, 5.74) is 5.86. The molecule has 0 aromatic carbocycles. The molecule has 4 N–H and O–H groups in total. The second kappa shape index (κ2) is 9.38. The predicted octanol–water partition coefficient (Wildman–Crippen LogP) is 1.53. The first-order valence-corrected chi connectivity index (χ1v) is 9.28. The molecule has 0 spiro atoms. The Hall–Kier alpha value is -0.940. The van der Waals surface area contributed by atoms with E-state index >= 15 is 0 Å². The lowest BCUT2D eigenvalue weighted by atomic mass is 9.85. The van der Waals surface area contributed by atoms with Gasteiger partial charge in [0.15, 0.2) is 5.96 Å². The predicted molar refractivity (Wildman–Crippen MR) is 103 cm³/mol. The fourth-order valence-electron chi connectivity index (χ4n) is 2.68. The van der Waals surface area contributed by atoms with E-state index in [1.54, 1.807) is 12.3 Å². The molecule has 2 unspecified atom stereocenters. The number of nitrogens with one attached hydrogen (secondary N) is 2. The molecule has 130 valence electrons.